The molecule has 1 aromatic carbocycles. The first-order valence-electron chi connectivity index (χ1n) is 11.4. The number of para-hydroxylation sites is 1. The largest absolute Gasteiger partial charge is 0.382 e. The molecule has 0 radical (unpaired) electrons. The number of carbonyl (C=O) groups is 2. The lowest BCUT2D eigenvalue weighted by atomic mass is 10.1. The number of rotatable bonds is 13. The fourth-order valence-corrected chi connectivity index (χ4v) is 3.57. The van der Waals surface area contributed by atoms with E-state index >= 15 is 0 Å². The van der Waals surface area contributed by atoms with Crippen molar-refractivity contribution in [2.75, 3.05) is 25.4 Å². The first-order chi connectivity index (χ1) is 15.5. The van der Waals surface area contributed by atoms with Crippen LogP contribution in [-0.2, 0) is 16.0 Å². The maximum atomic E-state index is 12.3. The summed E-state index contributed by atoms with van der Waals surface area (Å²) in [5.41, 5.74) is 7.92. The molecule has 0 aliphatic carbocycles. The highest BCUT2D eigenvalue weighted by molar-refractivity contribution is 5.78. The molecule has 0 aliphatic rings. The van der Waals surface area contributed by atoms with Gasteiger partial charge < -0.3 is 16.0 Å². The van der Waals surface area contributed by atoms with Gasteiger partial charge in [0.15, 0.2) is 0 Å². The Hall–Kier alpha value is -3.34. The number of benzene rings is 1. The maximum absolute atomic E-state index is 12.3. The van der Waals surface area contributed by atoms with Crippen LogP contribution in [0.25, 0.3) is 5.69 Å². The van der Waals surface area contributed by atoms with Gasteiger partial charge in [0.25, 0.3) is 0 Å². The van der Waals surface area contributed by atoms with Gasteiger partial charge in [-0.25, -0.2) is 4.68 Å². The molecule has 0 fully saturated rings. The number of hydrogen-bond donors (Lipinski definition) is 2. The minimum Gasteiger partial charge on any atom is -0.382 e. The second-order valence-electron chi connectivity index (χ2n) is 7.75. The summed E-state index contributed by atoms with van der Waals surface area (Å²) in [6.45, 7) is 6.14. The monoisotopic (exact) mass is 438 g/mol. The van der Waals surface area contributed by atoms with Crippen molar-refractivity contribution >= 4 is 17.6 Å². The molecule has 0 aliphatic heterocycles. The molecule has 0 bridgehead atoms. The van der Waals surface area contributed by atoms with E-state index in [0.29, 0.717) is 55.7 Å². The summed E-state index contributed by atoms with van der Waals surface area (Å²) in [5.74, 6) is 0.380. The van der Waals surface area contributed by atoms with Crippen molar-refractivity contribution in [2.45, 2.75) is 58.8 Å². The average molecular weight is 439 g/mol. The Morgan fingerprint density at radius 3 is 2.44 bits per heavy atom. The van der Waals surface area contributed by atoms with Gasteiger partial charge in [0.1, 0.15) is 17.5 Å². The van der Waals surface area contributed by atoms with E-state index in [4.69, 9.17) is 5.73 Å². The molecule has 1 aromatic heterocycles. The molecular weight excluding hydrogens is 404 g/mol. The van der Waals surface area contributed by atoms with E-state index in [1.807, 2.05) is 35.2 Å². The highest BCUT2D eigenvalue weighted by Crippen LogP contribution is 2.21. The average Bonchev–Trinajstić information content (AvgIpc) is 3.12. The Morgan fingerprint density at radius 1 is 1.12 bits per heavy atom. The van der Waals surface area contributed by atoms with Gasteiger partial charge in [-0.1, -0.05) is 32.0 Å². The summed E-state index contributed by atoms with van der Waals surface area (Å²) in [6, 6.07) is 11.6. The number of aromatic nitrogens is 2. The number of nitriles is 1. The second kappa shape index (κ2) is 13.2. The summed E-state index contributed by atoms with van der Waals surface area (Å²) >= 11 is 0. The van der Waals surface area contributed by atoms with Crippen LogP contribution in [-0.4, -0.2) is 46.1 Å². The Bertz CT molecular complexity index is 911. The molecular formula is C24H34N6O2. The summed E-state index contributed by atoms with van der Waals surface area (Å²) in [5, 5.41) is 16.9. The van der Waals surface area contributed by atoms with Crippen LogP contribution in [0.3, 0.4) is 0 Å². The molecule has 0 saturated heterocycles. The van der Waals surface area contributed by atoms with Crippen LogP contribution < -0.4 is 11.1 Å². The second-order valence-corrected chi connectivity index (χ2v) is 7.75. The summed E-state index contributed by atoms with van der Waals surface area (Å²) in [4.78, 5) is 26.2. The number of nitrogen functional groups attached to an aromatic ring is 1. The van der Waals surface area contributed by atoms with Gasteiger partial charge in [0.2, 0.25) is 11.8 Å². The lowest BCUT2D eigenvalue weighted by Crippen LogP contribution is -2.32. The van der Waals surface area contributed by atoms with E-state index in [0.717, 1.165) is 31.6 Å². The number of aryl methyl sites for hydroxylation is 1. The van der Waals surface area contributed by atoms with E-state index in [1.54, 1.807) is 4.68 Å². The lowest BCUT2D eigenvalue weighted by Gasteiger charge is -2.21. The zero-order chi connectivity index (χ0) is 23.3. The number of carbonyl (C=O) groups excluding carboxylic acids is 2. The number of anilines is 1. The van der Waals surface area contributed by atoms with Crippen molar-refractivity contribution in [1.29, 1.82) is 5.26 Å². The number of nitrogens with zero attached hydrogens (tertiary/aromatic N) is 4. The molecule has 3 N–H and O–H groups in total. The fraction of sp³-hybridized carbons (Fsp3) is 0.500. The van der Waals surface area contributed by atoms with Crippen molar-refractivity contribution in [3.63, 3.8) is 0 Å². The van der Waals surface area contributed by atoms with Gasteiger partial charge in [0, 0.05) is 32.5 Å². The zero-order valence-electron chi connectivity index (χ0n) is 19.1. The molecule has 2 amide bonds. The minimum atomic E-state index is -0.0647. The SMILES string of the molecule is CCCN(CCC)C(=O)CCCC(=O)NCCCc1nn(-c2ccccc2)c(N)c1C#N. The highest BCUT2D eigenvalue weighted by atomic mass is 16.2. The molecule has 0 unspecified atom stereocenters. The molecule has 172 valence electrons. The van der Waals surface area contributed by atoms with Gasteiger partial charge in [-0.05, 0) is 44.2 Å². The van der Waals surface area contributed by atoms with Gasteiger partial charge >= 0.3 is 0 Å². The molecule has 1 heterocycles. The molecule has 0 saturated carbocycles. The van der Waals surface area contributed by atoms with Crippen molar-refractivity contribution in [3.05, 3.63) is 41.6 Å². The van der Waals surface area contributed by atoms with Gasteiger partial charge in [-0.3, -0.25) is 9.59 Å². The van der Waals surface area contributed by atoms with Crippen molar-refractivity contribution in [1.82, 2.24) is 20.0 Å². The highest BCUT2D eigenvalue weighted by Gasteiger charge is 2.16. The molecule has 8 heteroatoms. The first-order valence-corrected chi connectivity index (χ1v) is 11.4. The van der Waals surface area contributed by atoms with Crippen LogP contribution in [0.2, 0.25) is 0 Å². The standard InChI is InChI=1S/C24H34N6O2/c1-3-16-29(17-4-2)23(32)14-8-13-22(31)27-15-9-12-21-20(18-25)24(26)30(28-21)19-10-6-5-7-11-19/h5-7,10-11H,3-4,8-9,12-17,26H2,1-2H3,(H,27,31). The third kappa shape index (κ3) is 7.12. The molecule has 0 spiro atoms. The molecule has 8 nitrogen and oxygen atoms in total. The minimum absolute atomic E-state index is 0.0647. The van der Waals surface area contributed by atoms with E-state index in [2.05, 4.69) is 30.3 Å². The van der Waals surface area contributed by atoms with E-state index in [1.165, 1.54) is 0 Å². The van der Waals surface area contributed by atoms with Crippen LogP contribution in [0.4, 0.5) is 5.82 Å². The quantitative estimate of drug-likeness (QED) is 0.466. The Labute approximate surface area is 190 Å². The molecule has 0 atom stereocenters. The van der Waals surface area contributed by atoms with E-state index in [-0.39, 0.29) is 11.8 Å². The Kier molecular flexibility index (Phi) is 10.2. The third-order valence-corrected chi connectivity index (χ3v) is 5.15. The van der Waals surface area contributed by atoms with E-state index in [9.17, 15) is 14.9 Å². The summed E-state index contributed by atoms with van der Waals surface area (Å²) in [7, 11) is 0. The molecule has 2 rings (SSSR count). The van der Waals surface area contributed by atoms with Crippen molar-refractivity contribution in [2.24, 2.45) is 0 Å². The predicted molar refractivity (Wildman–Crippen MR) is 125 cm³/mol. The molecule has 32 heavy (non-hydrogen) atoms. The zero-order valence-corrected chi connectivity index (χ0v) is 19.1. The predicted octanol–water partition coefficient (Wildman–Crippen LogP) is 3.19. The van der Waals surface area contributed by atoms with Crippen molar-refractivity contribution < 1.29 is 9.59 Å². The third-order valence-electron chi connectivity index (χ3n) is 5.15. The van der Waals surface area contributed by atoms with Crippen LogP contribution >= 0.6 is 0 Å². The molecule has 2 aromatic rings. The normalized spacial score (nSPS) is 10.5. The van der Waals surface area contributed by atoms with E-state index < -0.39 is 0 Å². The first kappa shape index (κ1) is 24.9. The van der Waals surface area contributed by atoms with Gasteiger partial charge in [0.05, 0.1) is 11.4 Å². The van der Waals surface area contributed by atoms with Crippen LogP contribution in [0.15, 0.2) is 30.3 Å². The van der Waals surface area contributed by atoms with Crippen molar-refractivity contribution in [3.8, 4) is 11.8 Å². The maximum Gasteiger partial charge on any atom is 0.222 e. The topological polar surface area (TPSA) is 117 Å². The number of nitrogens with one attached hydrogen (secondary N) is 1. The fourth-order valence-electron chi connectivity index (χ4n) is 3.57. The smallest absolute Gasteiger partial charge is 0.222 e. The number of amides is 2. The van der Waals surface area contributed by atoms with Crippen LogP contribution in [0.5, 0.6) is 0 Å². The van der Waals surface area contributed by atoms with Gasteiger partial charge in [-0.2, -0.15) is 10.4 Å². The van der Waals surface area contributed by atoms with Crippen LogP contribution in [0.1, 0.15) is 63.6 Å². The number of hydrogen-bond acceptors (Lipinski definition) is 5. The van der Waals surface area contributed by atoms with Crippen LogP contribution in [0, 0.1) is 11.3 Å². The summed E-state index contributed by atoms with van der Waals surface area (Å²) in [6.07, 6.45) is 4.33. The number of nitrogens with two attached hydrogens (primary N) is 1. The summed E-state index contributed by atoms with van der Waals surface area (Å²) < 4.78 is 1.57. The Balaban J connectivity index is 1.76. The Morgan fingerprint density at radius 2 is 1.81 bits per heavy atom. The van der Waals surface area contributed by atoms with Gasteiger partial charge in [-0.15, -0.1) is 0 Å². The lowest BCUT2D eigenvalue weighted by molar-refractivity contribution is -0.131.